The van der Waals surface area contributed by atoms with Crippen molar-refractivity contribution >= 4 is 17.7 Å². The molecule has 1 saturated heterocycles. The van der Waals surface area contributed by atoms with Crippen LogP contribution < -0.4 is 4.74 Å². The zero-order valence-corrected chi connectivity index (χ0v) is 19.6. The minimum Gasteiger partial charge on any atom is -0.489 e. The molecule has 0 bridgehead atoms. The van der Waals surface area contributed by atoms with Crippen LogP contribution in [0.1, 0.15) is 29.0 Å². The van der Waals surface area contributed by atoms with Gasteiger partial charge in [0.15, 0.2) is 0 Å². The normalized spacial score (nSPS) is 18.4. The summed E-state index contributed by atoms with van der Waals surface area (Å²) < 4.78 is 5.89. The summed E-state index contributed by atoms with van der Waals surface area (Å²) in [7, 11) is 0. The van der Waals surface area contributed by atoms with Gasteiger partial charge in [-0.3, -0.25) is 14.6 Å². The average Bonchev–Trinajstić information content (AvgIpc) is 2.89. The van der Waals surface area contributed by atoms with E-state index in [2.05, 4.69) is 23.1 Å². The zero-order valence-electron chi connectivity index (χ0n) is 18.8. The van der Waals surface area contributed by atoms with Gasteiger partial charge in [0.05, 0.1) is 29.2 Å². The van der Waals surface area contributed by atoms with Gasteiger partial charge in [-0.2, -0.15) is 5.26 Å². The maximum Gasteiger partial charge on any atom is 0.229 e. The Hall–Kier alpha value is -3.53. The number of carbonyl (C=O) groups excluding carboxylic acids is 1. The van der Waals surface area contributed by atoms with Gasteiger partial charge in [-0.15, -0.1) is 0 Å². The lowest BCUT2D eigenvalue weighted by molar-refractivity contribution is -0.131. The van der Waals surface area contributed by atoms with Crippen LogP contribution in [-0.4, -0.2) is 28.3 Å². The van der Waals surface area contributed by atoms with Crippen LogP contribution in [0.2, 0.25) is 0 Å². The number of hydrogen-bond donors (Lipinski definition) is 0. The Balaban J connectivity index is 1.30. The van der Waals surface area contributed by atoms with E-state index in [1.165, 1.54) is 5.56 Å². The van der Waals surface area contributed by atoms with E-state index in [0.717, 1.165) is 34.3 Å². The van der Waals surface area contributed by atoms with Crippen molar-refractivity contribution in [2.75, 3.05) is 12.5 Å². The van der Waals surface area contributed by atoms with Gasteiger partial charge in [0.2, 0.25) is 5.91 Å². The molecule has 6 heteroatoms. The Morgan fingerprint density at radius 1 is 0.941 bits per heavy atom. The predicted molar refractivity (Wildman–Crippen MR) is 133 cm³/mol. The van der Waals surface area contributed by atoms with Crippen molar-refractivity contribution in [2.45, 2.75) is 25.5 Å². The van der Waals surface area contributed by atoms with Crippen molar-refractivity contribution in [2.24, 2.45) is 0 Å². The molecule has 0 aliphatic carbocycles. The monoisotopic (exact) mass is 467 g/mol. The van der Waals surface area contributed by atoms with Gasteiger partial charge in [0.25, 0.3) is 0 Å². The quantitative estimate of drug-likeness (QED) is 0.480. The molecule has 1 amide bonds. The molecule has 0 N–H and O–H groups in total. The third kappa shape index (κ3) is 4.86. The van der Waals surface area contributed by atoms with E-state index in [4.69, 9.17) is 4.74 Å². The SMILES string of the molecule is N#CC1=C2SCN(Cc3ccccc3)CN2C(=O)C[C@@H]1c1ccc(OCc2ccccc2)cc1. The van der Waals surface area contributed by atoms with Crippen LogP contribution >= 0.6 is 11.8 Å². The maximum atomic E-state index is 13.1. The number of ether oxygens (including phenoxy) is 1. The summed E-state index contributed by atoms with van der Waals surface area (Å²) in [5.74, 6) is 1.36. The molecule has 3 aromatic carbocycles. The van der Waals surface area contributed by atoms with E-state index < -0.39 is 0 Å². The van der Waals surface area contributed by atoms with Gasteiger partial charge in [-0.05, 0) is 28.8 Å². The van der Waals surface area contributed by atoms with Crippen molar-refractivity contribution < 1.29 is 9.53 Å². The molecule has 2 aliphatic rings. The van der Waals surface area contributed by atoms with Gasteiger partial charge in [-0.25, -0.2) is 0 Å². The van der Waals surface area contributed by atoms with Gasteiger partial charge < -0.3 is 4.74 Å². The molecule has 2 heterocycles. The first-order valence-electron chi connectivity index (χ1n) is 11.3. The van der Waals surface area contributed by atoms with E-state index in [1.54, 1.807) is 16.7 Å². The molecule has 34 heavy (non-hydrogen) atoms. The van der Waals surface area contributed by atoms with Crippen molar-refractivity contribution in [1.29, 1.82) is 5.26 Å². The van der Waals surface area contributed by atoms with E-state index in [-0.39, 0.29) is 11.8 Å². The van der Waals surface area contributed by atoms with Crippen molar-refractivity contribution in [3.05, 3.63) is 112 Å². The third-order valence-corrected chi connectivity index (χ3v) is 7.34. The van der Waals surface area contributed by atoms with Gasteiger partial charge in [0.1, 0.15) is 12.4 Å². The molecule has 5 nitrogen and oxygen atoms in total. The lowest BCUT2D eigenvalue weighted by atomic mass is 9.86. The van der Waals surface area contributed by atoms with E-state index in [9.17, 15) is 10.1 Å². The predicted octanol–water partition coefficient (Wildman–Crippen LogP) is 5.48. The minimum atomic E-state index is -0.222. The van der Waals surface area contributed by atoms with Crippen molar-refractivity contribution in [3.8, 4) is 11.8 Å². The first kappa shape index (κ1) is 22.3. The van der Waals surface area contributed by atoms with Gasteiger partial charge in [0, 0.05) is 18.9 Å². The summed E-state index contributed by atoms with van der Waals surface area (Å²) in [5, 5.41) is 10.8. The highest BCUT2D eigenvalue weighted by atomic mass is 32.2. The maximum absolute atomic E-state index is 13.1. The summed E-state index contributed by atoms with van der Waals surface area (Å²) in [5.41, 5.74) is 3.97. The number of rotatable bonds is 6. The second kappa shape index (κ2) is 10.2. The number of nitrogens with zero attached hydrogens (tertiary/aromatic N) is 3. The molecule has 0 radical (unpaired) electrons. The Kier molecular flexibility index (Phi) is 6.66. The zero-order chi connectivity index (χ0) is 23.3. The average molecular weight is 468 g/mol. The highest BCUT2D eigenvalue weighted by Gasteiger charge is 2.38. The van der Waals surface area contributed by atoms with E-state index in [1.807, 2.05) is 72.8 Å². The topological polar surface area (TPSA) is 56.6 Å². The van der Waals surface area contributed by atoms with Crippen LogP contribution in [0.25, 0.3) is 0 Å². The number of benzene rings is 3. The highest BCUT2D eigenvalue weighted by molar-refractivity contribution is 8.03. The molecule has 0 unspecified atom stereocenters. The van der Waals surface area contributed by atoms with Crippen LogP contribution in [0.3, 0.4) is 0 Å². The molecule has 0 saturated carbocycles. The summed E-state index contributed by atoms with van der Waals surface area (Å²) in [6.07, 6.45) is 0.302. The minimum absolute atomic E-state index is 0.0636. The summed E-state index contributed by atoms with van der Waals surface area (Å²) in [4.78, 5) is 17.1. The Morgan fingerprint density at radius 2 is 1.62 bits per heavy atom. The smallest absolute Gasteiger partial charge is 0.229 e. The summed E-state index contributed by atoms with van der Waals surface area (Å²) in [6, 6.07) is 30.5. The summed E-state index contributed by atoms with van der Waals surface area (Å²) in [6.45, 7) is 1.79. The number of fused-ring (bicyclic) bond motifs is 1. The van der Waals surface area contributed by atoms with Crippen LogP contribution in [0.15, 0.2) is 95.5 Å². The second-order valence-corrected chi connectivity index (χ2v) is 9.42. The highest BCUT2D eigenvalue weighted by Crippen LogP contribution is 2.42. The molecule has 1 atom stereocenters. The molecule has 170 valence electrons. The Morgan fingerprint density at radius 3 is 2.29 bits per heavy atom. The van der Waals surface area contributed by atoms with Crippen LogP contribution in [0.4, 0.5) is 0 Å². The van der Waals surface area contributed by atoms with E-state index in [0.29, 0.717) is 25.3 Å². The van der Waals surface area contributed by atoms with Crippen LogP contribution in [0, 0.1) is 11.3 Å². The molecule has 0 spiro atoms. The molecule has 5 rings (SSSR count). The second-order valence-electron chi connectivity index (χ2n) is 8.48. The number of thioether (sulfide) groups is 1. The number of allylic oxidation sites excluding steroid dienone is 1. The van der Waals surface area contributed by atoms with Crippen LogP contribution in [-0.2, 0) is 17.9 Å². The molecule has 1 fully saturated rings. The third-order valence-electron chi connectivity index (χ3n) is 6.13. The first-order chi connectivity index (χ1) is 16.7. The fraction of sp³-hybridized carbons (Fsp3) is 0.214. The number of amides is 1. The largest absolute Gasteiger partial charge is 0.489 e. The summed E-state index contributed by atoms with van der Waals surface area (Å²) >= 11 is 1.58. The van der Waals surface area contributed by atoms with Gasteiger partial charge in [-0.1, -0.05) is 84.6 Å². The van der Waals surface area contributed by atoms with Crippen molar-refractivity contribution in [3.63, 3.8) is 0 Å². The molecular weight excluding hydrogens is 442 g/mol. The first-order valence-corrected chi connectivity index (χ1v) is 12.3. The molecule has 2 aliphatic heterocycles. The molecule has 3 aromatic rings. The standard InChI is InChI=1S/C28H25N3O2S/c29-16-26-25(23-11-13-24(14-12-23)33-18-22-9-5-2-6-10-22)15-27(32)31-19-30(20-34-28(26)31)17-21-7-3-1-4-8-21/h1-14,25H,15,17-20H2/t25-/m1/s1. The van der Waals surface area contributed by atoms with Crippen LogP contribution in [0.5, 0.6) is 5.75 Å². The number of nitriles is 1. The molecule has 0 aromatic heterocycles. The number of hydrogen-bond acceptors (Lipinski definition) is 5. The Labute approximate surface area is 204 Å². The number of carbonyl (C=O) groups is 1. The lowest BCUT2D eigenvalue weighted by Gasteiger charge is -2.41. The fourth-order valence-corrected chi connectivity index (χ4v) is 5.51. The van der Waals surface area contributed by atoms with Crippen molar-refractivity contribution in [1.82, 2.24) is 9.80 Å². The lowest BCUT2D eigenvalue weighted by Crippen LogP contribution is -2.46. The Bertz CT molecular complexity index is 1220. The van der Waals surface area contributed by atoms with Gasteiger partial charge >= 0.3 is 0 Å². The molecular formula is C28H25N3O2S. The fourth-order valence-electron chi connectivity index (χ4n) is 4.37. The van der Waals surface area contributed by atoms with E-state index >= 15 is 0 Å².